The minimum Gasteiger partial charge on any atom is -0.497 e. The number of likely N-dealkylation sites (N-methyl/N-ethyl adjacent to an activating group) is 2. The molecule has 3 rings (SSSR count). The number of rotatable bonds is 6. The zero-order valence-electron chi connectivity index (χ0n) is 17.2. The topological polar surface area (TPSA) is 97.9 Å². The minimum absolute atomic E-state index is 0.0321. The summed E-state index contributed by atoms with van der Waals surface area (Å²) in [5.41, 5.74) is 0. The molecule has 10 nitrogen and oxygen atoms in total. The maximum Gasteiger partial charge on any atom is 0.392 e. The molecule has 156 valence electrons. The number of amides is 3. The van der Waals surface area contributed by atoms with E-state index >= 15 is 0 Å². The third-order valence-corrected chi connectivity index (χ3v) is 4.82. The molecule has 2 aliphatic rings. The summed E-state index contributed by atoms with van der Waals surface area (Å²) in [7, 11) is 8.18. The highest BCUT2D eigenvalue weighted by Crippen LogP contribution is 2.23. The number of nitrogens with zero attached hydrogens (tertiary/aromatic N) is 5. The van der Waals surface area contributed by atoms with Gasteiger partial charge in [0.05, 0.1) is 27.7 Å². The van der Waals surface area contributed by atoms with Gasteiger partial charge in [0.25, 0.3) is 5.91 Å². The number of urea groups is 1. The average Bonchev–Trinajstić information content (AvgIpc) is 3.09. The van der Waals surface area contributed by atoms with Crippen molar-refractivity contribution in [3.8, 4) is 11.5 Å². The number of methoxy groups -OCH3 is 1. The van der Waals surface area contributed by atoms with Crippen LogP contribution >= 0.6 is 0 Å². The number of carbonyl (C=O) groups is 2. The lowest BCUT2D eigenvalue weighted by atomic mass is 10.1. The molecular formula is C19H26N5O5+. The number of guanidine groups is 1. The number of ether oxygens (including phenoxy) is 2. The van der Waals surface area contributed by atoms with Crippen molar-refractivity contribution in [1.29, 1.82) is 0 Å². The van der Waals surface area contributed by atoms with Crippen LogP contribution in [0.15, 0.2) is 29.3 Å². The maximum absolute atomic E-state index is 12.8. The van der Waals surface area contributed by atoms with E-state index in [0.29, 0.717) is 23.3 Å². The molecule has 1 N–H and O–H groups in total. The molecule has 2 unspecified atom stereocenters. The first-order valence-electron chi connectivity index (χ1n) is 9.14. The second-order valence-corrected chi connectivity index (χ2v) is 7.10. The van der Waals surface area contributed by atoms with E-state index in [-0.39, 0.29) is 19.1 Å². The highest BCUT2D eigenvalue weighted by Gasteiger charge is 2.55. The van der Waals surface area contributed by atoms with E-state index in [4.69, 9.17) is 9.47 Å². The van der Waals surface area contributed by atoms with Crippen molar-refractivity contribution in [3.63, 3.8) is 0 Å². The number of aliphatic imine (C=N–C) groups is 1. The van der Waals surface area contributed by atoms with Gasteiger partial charge in [-0.05, 0) is 24.3 Å². The quantitative estimate of drug-likeness (QED) is 0.652. The summed E-state index contributed by atoms with van der Waals surface area (Å²) in [6.45, 7) is 0.146. The van der Waals surface area contributed by atoms with Crippen LogP contribution in [0.1, 0.15) is 0 Å². The Morgan fingerprint density at radius 3 is 2.34 bits per heavy atom. The monoisotopic (exact) mass is 404 g/mol. The van der Waals surface area contributed by atoms with Crippen molar-refractivity contribution in [2.75, 3.05) is 48.5 Å². The zero-order valence-corrected chi connectivity index (χ0v) is 17.2. The molecule has 0 bridgehead atoms. The van der Waals surface area contributed by atoms with Crippen LogP contribution in [0.25, 0.3) is 0 Å². The van der Waals surface area contributed by atoms with E-state index in [9.17, 15) is 14.7 Å². The molecule has 1 fully saturated rings. The standard InChI is InChI=1S/C19H26N5O5/c1-21(2)18-20-16-15(17(26)23(4)19(27)22(16)3)24(18)10-12(25)11-29-14-8-6-13(28-5)7-9-14/h6-9,12,15,25H,10-11H2,1-5H3/q+1. The molecule has 0 spiro atoms. The predicted octanol–water partition coefficient (Wildman–Crippen LogP) is -0.330. The molecule has 0 radical (unpaired) electrons. The van der Waals surface area contributed by atoms with Crippen LogP contribution in [-0.4, -0.2) is 109 Å². The van der Waals surface area contributed by atoms with Crippen molar-refractivity contribution in [2.45, 2.75) is 12.1 Å². The Morgan fingerprint density at radius 1 is 1.14 bits per heavy atom. The molecular weight excluding hydrogens is 378 g/mol. The van der Waals surface area contributed by atoms with Gasteiger partial charge in [-0.15, -0.1) is 0 Å². The fraction of sp³-hybridized carbons (Fsp3) is 0.474. The second-order valence-electron chi connectivity index (χ2n) is 7.10. The molecule has 0 saturated carbocycles. The molecule has 1 aromatic carbocycles. The van der Waals surface area contributed by atoms with E-state index in [1.165, 1.54) is 11.9 Å². The highest BCUT2D eigenvalue weighted by atomic mass is 16.5. The Hall–Kier alpha value is -3.14. The van der Waals surface area contributed by atoms with Gasteiger partial charge >= 0.3 is 12.0 Å². The molecule has 2 atom stereocenters. The first kappa shape index (κ1) is 20.6. The maximum atomic E-state index is 12.8. The largest absolute Gasteiger partial charge is 0.497 e. The summed E-state index contributed by atoms with van der Waals surface area (Å²) in [5, 5.41) is 10.6. The number of aliphatic hydroxyl groups excluding tert-OH is 1. The normalized spacial score (nSPS) is 19.9. The second kappa shape index (κ2) is 8.08. The number of amidine groups is 1. The van der Waals surface area contributed by atoms with Crippen molar-refractivity contribution in [1.82, 2.24) is 14.7 Å². The lowest BCUT2D eigenvalue weighted by Gasteiger charge is -2.33. The van der Waals surface area contributed by atoms with Crippen molar-refractivity contribution < 1.29 is 28.7 Å². The van der Waals surface area contributed by atoms with Gasteiger partial charge in [-0.3, -0.25) is 19.2 Å². The van der Waals surface area contributed by atoms with Crippen LogP contribution < -0.4 is 9.47 Å². The number of imide groups is 1. The van der Waals surface area contributed by atoms with E-state index in [2.05, 4.69) is 4.99 Å². The molecule has 3 amide bonds. The van der Waals surface area contributed by atoms with Gasteiger partial charge in [-0.1, -0.05) is 4.99 Å². The van der Waals surface area contributed by atoms with Crippen LogP contribution in [0, 0.1) is 0 Å². The molecule has 2 aliphatic heterocycles. The first-order valence-corrected chi connectivity index (χ1v) is 9.14. The number of hydrogen-bond acceptors (Lipinski definition) is 5. The van der Waals surface area contributed by atoms with Gasteiger partial charge in [-0.2, -0.15) is 0 Å². The van der Waals surface area contributed by atoms with Crippen LogP contribution in [-0.2, 0) is 4.79 Å². The number of benzene rings is 1. The third-order valence-electron chi connectivity index (χ3n) is 4.82. The van der Waals surface area contributed by atoms with Crippen LogP contribution in [0.4, 0.5) is 4.79 Å². The number of hydrogen-bond donors (Lipinski definition) is 1. The van der Waals surface area contributed by atoms with Gasteiger partial charge in [-0.25, -0.2) is 9.69 Å². The van der Waals surface area contributed by atoms with Crippen LogP contribution in [0.3, 0.4) is 0 Å². The zero-order chi connectivity index (χ0) is 21.3. The van der Waals surface area contributed by atoms with E-state index in [1.807, 2.05) is 0 Å². The third kappa shape index (κ3) is 3.88. The van der Waals surface area contributed by atoms with Gasteiger partial charge < -0.3 is 14.6 Å². The Bertz CT molecular complexity index is 862. The fourth-order valence-electron chi connectivity index (χ4n) is 3.27. The van der Waals surface area contributed by atoms with E-state index in [0.717, 1.165) is 4.90 Å². The minimum atomic E-state index is -0.886. The van der Waals surface area contributed by atoms with Crippen LogP contribution in [0.2, 0.25) is 0 Å². The lowest BCUT2D eigenvalue weighted by Crippen LogP contribution is -2.63. The van der Waals surface area contributed by atoms with Crippen molar-refractivity contribution in [2.24, 2.45) is 4.99 Å². The Morgan fingerprint density at radius 2 is 1.76 bits per heavy atom. The summed E-state index contributed by atoms with van der Waals surface area (Å²) in [4.78, 5) is 33.6. The van der Waals surface area contributed by atoms with Gasteiger partial charge in [0, 0.05) is 14.1 Å². The molecule has 0 aliphatic carbocycles. The number of β-amino-alcohol motifs (C(OH)–C–C–N with tert-alkyl or cyclic N) is 1. The molecule has 29 heavy (non-hydrogen) atoms. The molecule has 1 saturated heterocycles. The Kier molecular flexibility index (Phi) is 5.73. The van der Waals surface area contributed by atoms with E-state index in [1.54, 1.807) is 62.0 Å². The summed E-state index contributed by atoms with van der Waals surface area (Å²) >= 11 is 0. The summed E-state index contributed by atoms with van der Waals surface area (Å²) in [6.07, 6.45) is -0.886. The summed E-state index contributed by atoms with van der Waals surface area (Å²) < 4.78 is 12.5. The number of carbonyl (C=O) groups excluding carboxylic acids is 2. The van der Waals surface area contributed by atoms with Gasteiger partial charge in [0.1, 0.15) is 24.2 Å². The molecule has 10 heteroatoms. The number of fused-ring (bicyclic) bond motifs is 1. The summed E-state index contributed by atoms with van der Waals surface area (Å²) in [5.74, 6) is 1.77. The Labute approximate surface area is 169 Å². The first-order chi connectivity index (χ1) is 13.7. The predicted molar refractivity (Wildman–Crippen MR) is 105 cm³/mol. The van der Waals surface area contributed by atoms with Crippen LogP contribution in [0.5, 0.6) is 11.5 Å². The molecule has 1 aromatic rings. The molecule has 0 aromatic heterocycles. The average molecular weight is 404 g/mol. The SMILES string of the molecule is COc1ccc(OCC(O)CN2C(=[N+](C)C)N=C3C2C(=O)N(C)C(=O)N3C)cc1. The lowest BCUT2D eigenvalue weighted by molar-refractivity contribution is -0.470. The highest BCUT2D eigenvalue weighted by molar-refractivity contribution is 6.25. The number of aliphatic hydroxyl groups is 1. The Balaban J connectivity index is 1.73. The fourth-order valence-corrected chi connectivity index (χ4v) is 3.27. The summed E-state index contributed by atoms with van der Waals surface area (Å²) in [6, 6.07) is 5.83. The molecule has 2 heterocycles. The van der Waals surface area contributed by atoms with Gasteiger partial charge in [0.2, 0.25) is 11.9 Å². The smallest absolute Gasteiger partial charge is 0.392 e. The van der Waals surface area contributed by atoms with Crippen molar-refractivity contribution in [3.05, 3.63) is 24.3 Å². The van der Waals surface area contributed by atoms with E-state index < -0.39 is 18.2 Å². The van der Waals surface area contributed by atoms with Crippen molar-refractivity contribution >= 4 is 23.7 Å². The van der Waals surface area contributed by atoms with Gasteiger partial charge in [0.15, 0.2) is 0 Å².